The predicted octanol–water partition coefficient (Wildman–Crippen LogP) is 5.37. The van der Waals surface area contributed by atoms with E-state index in [0.29, 0.717) is 0 Å². The van der Waals surface area contributed by atoms with Crippen LogP contribution in [0.2, 0.25) is 5.02 Å². The van der Waals surface area contributed by atoms with E-state index in [0.717, 1.165) is 23.8 Å². The maximum atomic E-state index is 12.9. The summed E-state index contributed by atoms with van der Waals surface area (Å²) in [6.07, 6.45) is -5.05. The van der Waals surface area contributed by atoms with Crippen molar-refractivity contribution in [3.05, 3.63) is 64.7 Å². The fraction of sp³-hybridized carbons (Fsp3) is 0.350. The van der Waals surface area contributed by atoms with Crippen LogP contribution < -0.4 is 10.6 Å². The van der Waals surface area contributed by atoms with Crippen LogP contribution in [0.15, 0.2) is 48.5 Å². The number of rotatable bonds is 3. The van der Waals surface area contributed by atoms with Crippen LogP contribution >= 0.6 is 11.6 Å². The predicted molar refractivity (Wildman–Crippen MR) is 103 cm³/mol. The first kappa shape index (κ1) is 21.4. The van der Waals surface area contributed by atoms with Gasteiger partial charge in [0.2, 0.25) is 0 Å². The monoisotopic (exact) mass is 428 g/mol. The number of ether oxygens (including phenoxy) is 2. The molecule has 0 spiro atoms. The van der Waals surface area contributed by atoms with Crippen molar-refractivity contribution < 1.29 is 27.4 Å². The Bertz CT molecular complexity index is 875. The summed E-state index contributed by atoms with van der Waals surface area (Å²) in [7, 11) is 0. The van der Waals surface area contributed by atoms with Gasteiger partial charge in [0.1, 0.15) is 6.10 Å². The minimum Gasteiger partial charge on any atom is -0.348 e. The molecule has 1 aliphatic rings. The number of alkyl halides is 3. The van der Waals surface area contributed by atoms with Crippen LogP contribution in [0.5, 0.6) is 0 Å². The molecule has 156 valence electrons. The van der Waals surface area contributed by atoms with Crippen molar-refractivity contribution >= 4 is 23.3 Å². The molecule has 3 rings (SSSR count). The van der Waals surface area contributed by atoms with Gasteiger partial charge < -0.3 is 20.1 Å². The molecule has 29 heavy (non-hydrogen) atoms. The number of amides is 2. The maximum Gasteiger partial charge on any atom is 0.416 e. The molecular weight excluding hydrogens is 409 g/mol. The lowest BCUT2D eigenvalue weighted by Crippen LogP contribution is -2.52. The molecule has 0 unspecified atom stereocenters. The molecule has 0 radical (unpaired) electrons. The van der Waals surface area contributed by atoms with Gasteiger partial charge in [-0.3, -0.25) is 0 Å². The topological polar surface area (TPSA) is 59.6 Å². The standard InChI is InChI=1S/C20H20ClF3N2O3/c1-19(2)28-11-16(17(29-19)12-6-4-3-5-7-12)26-18(27)25-15-10-13(20(22,23)24)8-9-14(15)21/h3-10,16-17H,11H2,1-2H3,(H2,25,26,27)/t16-,17-/m0/s1. The van der Waals surface area contributed by atoms with Gasteiger partial charge in [0.05, 0.1) is 28.9 Å². The van der Waals surface area contributed by atoms with E-state index in [2.05, 4.69) is 10.6 Å². The molecule has 2 aromatic rings. The van der Waals surface area contributed by atoms with E-state index in [9.17, 15) is 18.0 Å². The Labute approximate surface area is 171 Å². The van der Waals surface area contributed by atoms with Gasteiger partial charge in [-0.05, 0) is 37.6 Å². The second-order valence-corrected chi connectivity index (χ2v) is 7.46. The molecule has 2 N–H and O–H groups in total. The van der Waals surface area contributed by atoms with Gasteiger partial charge in [0, 0.05) is 0 Å². The van der Waals surface area contributed by atoms with E-state index in [1.54, 1.807) is 13.8 Å². The quantitative estimate of drug-likeness (QED) is 0.690. The van der Waals surface area contributed by atoms with Gasteiger partial charge in [0.25, 0.3) is 0 Å². The van der Waals surface area contributed by atoms with E-state index in [-0.39, 0.29) is 17.3 Å². The van der Waals surface area contributed by atoms with Gasteiger partial charge >= 0.3 is 12.2 Å². The molecule has 5 nitrogen and oxygen atoms in total. The number of carbonyl (C=O) groups excluding carboxylic acids is 1. The largest absolute Gasteiger partial charge is 0.416 e. The highest BCUT2D eigenvalue weighted by Gasteiger charge is 2.38. The summed E-state index contributed by atoms with van der Waals surface area (Å²) in [6.45, 7) is 3.69. The van der Waals surface area contributed by atoms with Gasteiger partial charge in [-0.1, -0.05) is 41.9 Å². The third kappa shape index (κ3) is 5.41. The minimum atomic E-state index is -4.55. The van der Waals surface area contributed by atoms with Crippen molar-refractivity contribution in [1.29, 1.82) is 0 Å². The number of carbonyl (C=O) groups is 1. The lowest BCUT2D eigenvalue weighted by Gasteiger charge is -2.41. The summed E-state index contributed by atoms with van der Waals surface area (Å²) in [4.78, 5) is 12.5. The molecule has 0 bridgehead atoms. The SMILES string of the molecule is CC1(C)OC[C@H](NC(=O)Nc2cc(C(F)(F)F)ccc2Cl)[C@H](c2ccccc2)O1. The Balaban J connectivity index is 1.75. The summed E-state index contributed by atoms with van der Waals surface area (Å²) in [6, 6.07) is 10.7. The van der Waals surface area contributed by atoms with Crippen molar-refractivity contribution in [3.8, 4) is 0 Å². The summed E-state index contributed by atoms with van der Waals surface area (Å²) >= 11 is 5.94. The number of nitrogens with one attached hydrogen (secondary N) is 2. The highest BCUT2D eigenvalue weighted by atomic mass is 35.5. The third-order valence-electron chi connectivity index (χ3n) is 4.37. The molecular formula is C20H20ClF3N2O3. The average molecular weight is 429 g/mol. The van der Waals surface area contributed by atoms with Gasteiger partial charge in [0.15, 0.2) is 5.79 Å². The first-order valence-corrected chi connectivity index (χ1v) is 9.24. The van der Waals surface area contributed by atoms with Crippen LogP contribution in [0.1, 0.15) is 31.1 Å². The van der Waals surface area contributed by atoms with Crippen molar-refractivity contribution in [2.24, 2.45) is 0 Å². The summed E-state index contributed by atoms with van der Waals surface area (Å²) in [5.41, 5.74) is -0.218. The summed E-state index contributed by atoms with van der Waals surface area (Å²) < 4.78 is 50.4. The van der Waals surface area contributed by atoms with Crippen molar-refractivity contribution in [2.75, 3.05) is 11.9 Å². The van der Waals surface area contributed by atoms with Gasteiger partial charge in [-0.25, -0.2) is 4.79 Å². The Morgan fingerprint density at radius 2 is 1.86 bits per heavy atom. The zero-order valence-electron chi connectivity index (χ0n) is 15.7. The molecule has 2 aromatic carbocycles. The number of anilines is 1. The van der Waals surface area contributed by atoms with Crippen LogP contribution in [-0.4, -0.2) is 24.5 Å². The lowest BCUT2D eigenvalue weighted by atomic mass is 10.0. The molecule has 1 fully saturated rings. The molecule has 1 aliphatic heterocycles. The Morgan fingerprint density at radius 3 is 2.52 bits per heavy atom. The van der Waals surface area contributed by atoms with Crippen LogP contribution in [0.3, 0.4) is 0 Å². The lowest BCUT2D eigenvalue weighted by molar-refractivity contribution is -0.284. The van der Waals surface area contributed by atoms with E-state index in [1.807, 2.05) is 30.3 Å². The Kier molecular flexibility index (Phi) is 6.07. The number of halogens is 4. The molecule has 0 aliphatic carbocycles. The van der Waals surface area contributed by atoms with E-state index >= 15 is 0 Å². The smallest absolute Gasteiger partial charge is 0.348 e. The zero-order chi connectivity index (χ0) is 21.2. The molecule has 0 saturated carbocycles. The fourth-order valence-electron chi connectivity index (χ4n) is 2.98. The van der Waals surface area contributed by atoms with E-state index in [1.165, 1.54) is 0 Å². The van der Waals surface area contributed by atoms with E-state index in [4.69, 9.17) is 21.1 Å². The van der Waals surface area contributed by atoms with Crippen molar-refractivity contribution in [2.45, 2.75) is 38.0 Å². The van der Waals surface area contributed by atoms with E-state index < -0.39 is 35.7 Å². The molecule has 2 atom stereocenters. The Hall–Kier alpha value is -2.29. The minimum absolute atomic E-state index is 0.00923. The first-order chi connectivity index (χ1) is 13.5. The maximum absolute atomic E-state index is 12.9. The summed E-state index contributed by atoms with van der Waals surface area (Å²) in [5.74, 6) is -0.848. The van der Waals surface area contributed by atoms with Crippen LogP contribution in [0, 0.1) is 0 Å². The van der Waals surface area contributed by atoms with Gasteiger partial charge in [-0.15, -0.1) is 0 Å². The molecule has 1 heterocycles. The summed E-state index contributed by atoms with van der Waals surface area (Å²) in [5, 5.41) is 5.06. The normalized spacial score (nSPS) is 21.4. The zero-order valence-corrected chi connectivity index (χ0v) is 16.5. The second kappa shape index (κ2) is 8.22. The average Bonchev–Trinajstić information content (AvgIpc) is 2.64. The van der Waals surface area contributed by atoms with Crippen LogP contribution in [0.4, 0.5) is 23.7 Å². The van der Waals surface area contributed by atoms with Gasteiger partial charge in [-0.2, -0.15) is 13.2 Å². The molecule has 0 aromatic heterocycles. The molecule has 9 heteroatoms. The Morgan fingerprint density at radius 1 is 1.17 bits per heavy atom. The highest BCUT2D eigenvalue weighted by Crippen LogP contribution is 2.35. The molecule has 2 amide bonds. The fourth-order valence-corrected chi connectivity index (χ4v) is 3.15. The number of urea groups is 1. The van der Waals surface area contributed by atoms with Crippen LogP contribution in [-0.2, 0) is 15.7 Å². The van der Waals surface area contributed by atoms with Crippen molar-refractivity contribution in [1.82, 2.24) is 5.32 Å². The number of hydrogen-bond donors (Lipinski definition) is 2. The number of benzene rings is 2. The van der Waals surface area contributed by atoms with Crippen LogP contribution in [0.25, 0.3) is 0 Å². The second-order valence-electron chi connectivity index (χ2n) is 7.06. The third-order valence-corrected chi connectivity index (χ3v) is 4.70. The molecule has 1 saturated heterocycles. The van der Waals surface area contributed by atoms with Crippen molar-refractivity contribution in [3.63, 3.8) is 0 Å². The first-order valence-electron chi connectivity index (χ1n) is 8.86. The number of hydrogen-bond acceptors (Lipinski definition) is 3. The highest BCUT2D eigenvalue weighted by molar-refractivity contribution is 6.33.